The summed E-state index contributed by atoms with van der Waals surface area (Å²) in [5.41, 5.74) is 2.72. The number of benzene rings is 1. The van der Waals surface area contributed by atoms with E-state index in [0.717, 1.165) is 35.4 Å². The maximum Gasteiger partial charge on any atom is 0.251 e. The summed E-state index contributed by atoms with van der Waals surface area (Å²) in [6.07, 6.45) is 2.24. The molecule has 0 atom stereocenters. The molecule has 1 aromatic heterocycles. The van der Waals surface area contributed by atoms with Gasteiger partial charge in [-0.15, -0.1) is 22.8 Å². The first-order valence-electron chi connectivity index (χ1n) is 7.91. The number of rotatable bonds is 3. The summed E-state index contributed by atoms with van der Waals surface area (Å²) in [5.74, 6) is 0.881. The van der Waals surface area contributed by atoms with Crippen LogP contribution in [0.1, 0.15) is 40.2 Å². The summed E-state index contributed by atoms with van der Waals surface area (Å²) >= 11 is 4.29. The van der Waals surface area contributed by atoms with Crippen LogP contribution in [0.4, 0.5) is 0 Å². The Morgan fingerprint density at radius 1 is 1.46 bits per heavy atom. The van der Waals surface area contributed by atoms with Crippen LogP contribution in [0, 0.1) is 17.2 Å². The molecule has 0 unspecified atom stereocenters. The molecule has 1 fully saturated rings. The molecule has 0 radical (unpaired) electrons. The van der Waals surface area contributed by atoms with Crippen molar-refractivity contribution in [2.75, 3.05) is 0 Å². The lowest BCUT2D eigenvalue weighted by Gasteiger charge is -2.45. The molecule has 6 nitrogen and oxygen atoms in total. The minimum Gasteiger partial charge on any atom is -0.348 e. The third kappa shape index (κ3) is 2.21. The normalized spacial score (nSPS) is 24.9. The van der Waals surface area contributed by atoms with E-state index in [2.05, 4.69) is 40.3 Å². The van der Waals surface area contributed by atoms with Gasteiger partial charge in [0.15, 0.2) is 5.16 Å². The lowest BCUT2D eigenvalue weighted by Crippen LogP contribution is -2.43. The number of nitriles is 1. The van der Waals surface area contributed by atoms with Crippen molar-refractivity contribution >= 4 is 18.5 Å². The molecule has 0 spiro atoms. The molecule has 7 heteroatoms. The number of hydrogen-bond donors (Lipinski definition) is 2. The van der Waals surface area contributed by atoms with Crippen LogP contribution in [-0.4, -0.2) is 20.7 Å². The van der Waals surface area contributed by atoms with Gasteiger partial charge in [-0.2, -0.15) is 5.26 Å². The van der Waals surface area contributed by atoms with Gasteiger partial charge >= 0.3 is 0 Å². The molecule has 1 N–H and O–H groups in total. The molecule has 2 aromatic rings. The summed E-state index contributed by atoms with van der Waals surface area (Å²) in [6, 6.07) is 8.45. The largest absolute Gasteiger partial charge is 0.348 e. The van der Waals surface area contributed by atoms with Crippen molar-refractivity contribution in [3.63, 3.8) is 0 Å². The molecule has 2 aliphatic rings. The molecule has 4 rings (SSSR count). The summed E-state index contributed by atoms with van der Waals surface area (Å²) in [6.45, 7) is 0.592. The van der Waals surface area contributed by atoms with Crippen molar-refractivity contribution in [2.24, 2.45) is 13.0 Å². The summed E-state index contributed by atoms with van der Waals surface area (Å²) < 4.78 is 1.87. The Bertz CT molecular complexity index is 876. The highest BCUT2D eigenvalue weighted by molar-refractivity contribution is 7.80. The molecule has 2 heterocycles. The van der Waals surface area contributed by atoms with Crippen LogP contribution in [0.3, 0.4) is 0 Å². The molecular formula is C17H17N5OS. The summed E-state index contributed by atoms with van der Waals surface area (Å²) in [5, 5.41) is 20.9. The number of fused-ring (bicyclic) bond motifs is 1. The second-order valence-electron chi connectivity index (χ2n) is 6.72. The predicted octanol–water partition coefficient (Wildman–Crippen LogP) is 1.76. The highest BCUT2D eigenvalue weighted by atomic mass is 32.1. The Balaban J connectivity index is 1.73. The van der Waals surface area contributed by atoms with E-state index in [0.29, 0.717) is 18.1 Å². The molecule has 1 aliphatic heterocycles. The SMILES string of the molecule is Cn1c(S)nnc1CC1(c2ccc3c(c2)C(=O)NC3)CC(C#N)C1. The first kappa shape index (κ1) is 15.2. The molecule has 1 amide bonds. The van der Waals surface area contributed by atoms with Gasteiger partial charge in [0, 0.05) is 36.9 Å². The van der Waals surface area contributed by atoms with Crippen LogP contribution in [0.5, 0.6) is 0 Å². The van der Waals surface area contributed by atoms with Crippen molar-refractivity contribution in [2.45, 2.75) is 36.4 Å². The Hall–Kier alpha value is -2.33. The lowest BCUT2D eigenvalue weighted by atomic mass is 9.57. The highest BCUT2D eigenvalue weighted by Gasteiger charge is 2.47. The van der Waals surface area contributed by atoms with Crippen molar-refractivity contribution in [3.05, 3.63) is 40.7 Å². The molecule has 122 valence electrons. The summed E-state index contributed by atoms with van der Waals surface area (Å²) in [7, 11) is 1.89. The molecule has 1 aliphatic carbocycles. The van der Waals surface area contributed by atoms with E-state index in [1.54, 1.807) is 0 Å². The zero-order chi connectivity index (χ0) is 16.9. The standard InChI is InChI=1S/C17H17N5OS/c1-22-14(20-21-16(22)24)7-17(5-10(6-17)8-18)12-3-2-11-9-19-15(23)13(11)4-12/h2-4,10H,5-7,9H2,1H3,(H,19,23)(H,21,24). The lowest BCUT2D eigenvalue weighted by molar-refractivity contribution is 0.0965. The molecule has 1 saturated carbocycles. The Labute approximate surface area is 145 Å². The topological polar surface area (TPSA) is 83.6 Å². The highest BCUT2D eigenvalue weighted by Crippen LogP contribution is 2.50. The van der Waals surface area contributed by atoms with Crippen molar-refractivity contribution in [1.29, 1.82) is 5.26 Å². The van der Waals surface area contributed by atoms with Gasteiger partial charge in [-0.25, -0.2) is 0 Å². The Kier molecular flexibility index (Phi) is 3.39. The van der Waals surface area contributed by atoms with E-state index in [-0.39, 0.29) is 17.2 Å². The minimum atomic E-state index is -0.167. The smallest absolute Gasteiger partial charge is 0.251 e. The maximum absolute atomic E-state index is 12.0. The molecule has 1 aromatic carbocycles. The van der Waals surface area contributed by atoms with Gasteiger partial charge in [0.05, 0.1) is 6.07 Å². The third-order valence-electron chi connectivity index (χ3n) is 5.30. The van der Waals surface area contributed by atoms with Gasteiger partial charge in [0.25, 0.3) is 5.91 Å². The van der Waals surface area contributed by atoms with Crippen LogP contribution in [-0.2, 0) is 25.4 Å². The van der Waals surface area contributed by atoms with Gasteiger partial charge in [-0.1, -0.05) is 12.1 Å². The van der Waals surface area contributed by atoms with E-state index >= 15 is 0 Å². The molecule has 24 heavy (non-hydrogen) atoms. The van der Waals surface area contributed by atoms with Gasteiger partial charge in [-0.3, -0.25) is 4.79 Å². The Morgan fingerprint density at radius 3 is 2.92 bits per heavy atom. The van der Waals surface area contributed by atoms with E-state index in [9.17, 15) is 10.1 Å². The van der Waals surface area contributed by atoms with E-state index in [1.807, 2.05) is 23.7 Å². The minimum absolute atomic E-state index is 0.0190. The molecule has 0 bridgehead atoms. The molecule has 0 saturated heterocycles. The van der Waals surface area contributed by atoms with Crippen LogP contribution in [0.2, 0.25) is 0 Å². The van der Waals surface area contributed by atoms with Gasteiger partial charge < -0.3 is 9.88 Å². The number of amides is 1. The zero-order valence-electron chi connectivity index (χ0n) is 13.3. The second kappa shape index (κ2) is 5.35. The van der Waals surface area contributed by atoms with Crippen LogP contribution < -0.4 is 5.32 Å². The first-order chi connectivity index (χ1) is 11.5. The van der Waals surface area contributed by atoms with Crippen molar-refractivity contribution in [3.8, 4) is 6.07 Å². The number of aromatic nitrogens is 3. The van der Waals surface area contributed by atoms with E-state index < -0.39 is 0 Å². The number of nitrogens with zero attached hydrogens (tertiary/aromatic N) is 4. The fraction of sp³-hybridized carbons (Fsp3) is 0.412. The van der Waals surface area contributed by atoms with E-state index in [1.165, 1.54) is 0 Å². The van der Waals surface area contributed by atoms with Gasteiger partial charge in [0.2, 0.25) is 0 Å². The fourth-order valence-corrected chi connectivity index (χ4v) is 3.97. The van der Waals surface area contributed by atoms with Crippen LogP contribution in [0.25, 0.3) is 0 Å². The predicted molar refractivity (Wildman–Crippen MR) is 89.6 cm³/mol. The number of nitrogens with one attached hydrogen (secondary N) is 1. The van der Waals surface area contributed by atoms with Crippen LogP contribution in [0.15, 0.2) is 23.4 Å². The van der Waals surface area contributed by atoms with Crippen LogP contribution >= 0.6 is 12.6 Å². The van der Waals surface area contributed by atoms with Gasteiger partial charge in [0.1, 0.15) is 5.82 Å². The fourth-order valence-electron chi connectivity index (χ4n) is 3.81. The first-order valence-corrected chi connectivity index (χ1v) is 8.35. The summed E-state index contributed by atoms with van der Waals surface area (Å²) in [4.78, 5) is 12.0. The second-order valence-corrected chi connectivity index (χ2v) is 7.12. The number of hydrogen-bond acceptors (Lipinski definition) is 5. The zero-order valence-corrected chi connectivity index (χ0v) is 14.2. The molecular weight excluding hydrogens is 322 g/mol. The average Bonchev–Trinajstić information content (AvgIpc) is 3.07. The third-order valence-corrected chi connectivity index (χ3v) is 5.69. The quantitative estimate of drug-likeness (QED) is 0.835. The number of carbonyl (C=O) groups is 1. The van der Waals surface area contributed by atoms with Crippen molar-refractivity contribution < 1.29 is 4.79 Å². The number of thiol groups is 1. The number of carbonyl (C=O) groups excluding carboxylic acids is 1. The van der Waals surface area contributed by atoms with Crippen molar-refractivity contribution in [1.82, 2.24) is 20.1 Å². The maximum atomic E-state index is 12.0. The van der Waals surface area contributed by atoms with E-state index in [4.69, 9.17) is 0 Å². The average molecular weight is 339 g/mol. The Morgan fingerprint density at radius 2 is 2.25 bits per heavy atom. The van der Waals surface area contributed by atoms with Gasteiger partial charge in [-0.05, 0) is 30.0 Å². The monoisotopic (exact) mass is 339 g/mol.